The van der Waals surface area contributed by atoms with Crippen molar-refractivity contribution in [2.75, 3.05) is 19.8 Å². The summed E-state index contributed by atoms with van der Waals surface area (Å²) in [6.07, 6.45) is 5.44. The number of unbranched alkanes of at least 4 members (excludes halogenated alkanes) is 3. The molecule has 0 aliphatic carbocycles. The first kappa shape index (κ1) is 23.5. The predicted molar refractivity (Wildman–Crippen MR) is 106 cm³/mol. The van der Waals surface area contributed by atoms with E-state index in [-0.39, 0.29) is 19.4 Å². The van der Waals surface area contributed by atoms with E-state index in [0.29, 0.717) is 31.8 Å². The van der Waals surface area contributed by atoms with Gasteiger partial charge in [-0.2, -0.15) is 0 Å². The highest BCUT2D eigenvalue weighted by molar-refractivity contribution is 6.36. The molecule has 0 aliphatic heterocycles. The minimum atomic E-state index is -0.927. The fourth-order valence-corrected chi connectivity index (χ4v) is 2.43. The lowest BCUT2D eigenvalue weighted by atomic mass is 10.2. The van der Waals surface area contributed by atoms with Crippen LogP contribution in [-0.2, 0) is 14.4 Å². The number of hydrogen-bond donors (Lipinski definition) is 2. The van der Waals surface area contributed by atoms with E-state index in [0.717, 1.165) is 12.2 Å². The molecular formula is C21H31NO6. The van der Waals surface area contributed by atoms with Crippen LogP contribution in [0.2, 0.25) is 0 Å². The van der Waals surface area contributed by atoms with Gasteiger partial charge in [-0.25, -0.2) is 0 Å². The van der Waals surface area contributed by atoms with Gasteiger partial charge in [0, 0.05) is 19.4 Å². The van der Waals surface area contributed by atoms with Crippen molar-refractivity contribution in [3.05, 3.63) is 24.3 Å². The number of hydrogen-bond acceptors (Lipinski definition) is 5. The number of carbonyl (C=O) groups excluding carboxylic acids is 2. The number of amides is 1. The molecule has 0 fully saturated rings. The first-order chi connectivity index (χ1) is 13.5. The van der Waals surface area contributed by atoms with E-state index in [1.54, 1.807) is 0 Å². The Morgan fingerprint density at radius 3 is 2.04 bits per heavy atom. The van der Waals surface area contributed by atoms with E-state index >= 15 is 0 Å². The summed E-state index contributed by atoms with van der Waals surface area (Å²) in [5, 5.41) is 10.9. The van der Waals surface area contributed by atoms with Crippen molar-refractivity contribution < 1.29 is 29.0 Å². The van der Waals surface area contributed by atoms with E-state index in [1.165, 1.54) is 19.3 Å². The Hall–Kier alpha value is -2.57. The van der Waals surface area contributed by atoms with Crippen molar-refractivity contribution in [2.24, 2.45) is 0 Å². The van der Waals surface area contributed by atoms with Gasteiger partial charge in [0.1, 0.15) is 11.5 Å². The Morgan fingerprint density at radius 1 is 0.857 bits per heavy atom. The molecule has 0 radical (unpaired) electrons. The number of carboxylic acids is 1. The molecule has 0 atom stereocenters. The Balaban J connectivity index is 2.13. The Kier molecular flexibility index (Phi) is 12.1. The SMILES string of the molecule is CCCCCCOc1ccc(OCCCC(=O)C(=O)NCCCC(=O)O)cc1. The number of rotatable bonds is 16. The first-order valence-electron chi connectivity index (χ1n) is 9.91. The molecular weight excluding hydrogens is 362 g/mol. The van der Waals surface area contributed by atoms with Crippen LogP contribution in [0.1, 0.15) is 58.3 Å². The average molecular weight is 393 g/mol. The number of benzene rings is 1. The number of carbonyl (C=O) groups is 3. The molecule has 0 saturated heterocycles. The molecule has 7 nitrogen and oxygen atoms in total. The monoisotopic (exact) mass is 393 g/mol. The van der Waals surface area contributed by atoms with Gasteiger partial charge in [0.25, 0.3) is 5.91 Å². The molecule has 7 heteroatoms. The maximum atomic E-state index is 11.7. The molecule has 0 bridgehead atoms. The zero-order chi connectivity index (χ0) is 20.6. The van der Waals surface area contributed by atoms with Crippen molar-refractivity contribution in [3.63, 3.8) is 0 Å². The molecule has 0 heterocycles. The minimum Gasteiger partial charge on any atom is -0.494 e. The summed E-state index contributed by atoms with van der Waals surface area (Å²) >= 11 is 0. The molecule has 0 aliphatic rings. The highest BCUT2D eigenvalue weighted by atomic mass is 16.5. The zero-order valence-corrected chi connectivity index (χ0v) is 16.6. The van der Waals surface area contributed by atoms with Crippen molar-refractivity contribution in [1.82, 2.24) is 5.32 Å². The lowest BCUT2D eigenvalue weighted by Crippen LogP contribution is -2.32. The van der Waals surface area contributed by atoms with Crippen molar-refractivity contribution in [1.29, 1.82) is 0 Å². The second kappa shape index (κ2) is 14.5. The second-order valence-electron chi connectivity index (χ2n) is 6.51. The van der Waals surface area contributed by atoms with E-state index in [4.69, 9.17) is 14.6 Å². The third kappa shape index (κ3) is 11.2. The summed E-state index contributed by atoms with van der Waals surface area (Å²) in [6, 6.07) is 7.34. The average Bonchev–Trinajstić information content (AvgIpc) is 2.69. The van der Waals surface area contributed by atoms with Crippen LogP contribution in [0.5, 0.6) is 11.5 Å². The lowest BCUT2D eigenvalue weighted by Gasteiger charge is -2.09. The standard InChI is InChI=1S/C21H31NO6/c1-2-3-4-5-15-27-17-10-12-18(13-11-17)28-16-7-8-19(23)21(26)22-14-6-9-20(24)25/h10-13H,2-9,14-16H2,1H3,(H,22,26)(H,24,25). The molecule has 0 aromatic heterocycles. The zero-order valence-electron chi connectivity index (χ0n) is 16.6. The molecule has 28 heavy (non-hydrogen) atoms. The molecule has 0 spiro atoms. The molecule has 1 aromatic carbocycles. The van der Waals surface area contributed by atoms with Gasteiger partial charge in [-0.15, -0.1) is 0 Å². The maximum absolute atomic E-state index is 11.7. The molecule has 2 N–H and O–H groups in total. The van der Waals surface area contributed by atoms with Crippen LogP contribution < -0.4 is 14.8 Å². The van der Waals surface area contributed by atoms with Crippen LogP contribution >= 0.6 is 0 Å². The Morgan fingerprint density at radius 2 is 1.46 bits per heavy atom. The summed E-state index contributed by atoms with van der Waals surface area (Å²) < 4.78 is 11.2. The van der Waals surface area contributed by atoms with E-state index in [1.807, 2.05) is 24.3 Å². The summed E-state index contributed by atoms with van der Waals surface area (Å²) in [7, 11) is 0. The summed E-state index contributed by atoms with van der Waals surface area (Å²) in [5.74, 6) is -0.636. The van der Waals surface area contributed by atoms with Crippen LogP contribution in [0.15, 0.2) is 24.3 Å². The molecule has 156 valence electrons. The number of ether oxygens (including phenoxy) is 2. The Labute approximate surface area is 166 Å². The topological polar surface area (TPSA) is 102 Å². The fraction of sp³-hybridized carbons (Fsp3) is 0.571. The fourth-order valence-electron chi connectivity index (χ4n) is 2.43. The van der Waals surface area contributed by atoms with Gasteiger partial charge < -0.3 is 19.9 Å². The third-order valence-electron chi connectivity index (χ3n) is 4.01. The number of aliphatic carboxylic acids is 1. The Bertz CT molecular complexity index is 599. The number of ketones is 1. The lowest BCUT2D eigenvalue weighted by molar-refractivity contribution is -0.138. The number of Topliss-reactive ketones (excluding diaryl/α,β-unsaturated/α-hetero) is 1. The van der Waals surface area contributed by atoms with Gasteiger partial charge in [0.2, 0.25) is 5.78 Å². The highest BCUT2D eigenvalue weighted by Gasteiger charge is 2.12. The van der Waals surface area contributed by atoms with Gasteiger partial charge in [0.15, 0.2) is 0 Å². The van der Waals surface area contributed by atoms with Gasteiger partial charge in [-0.05, 0) is 43.5 Å². The van der Waals surface area contributed by atoms with Gasteiger partial charge in [-0.1, -0.05) is 26.2 Å². The van der Waals surface area contributed by atoms with Crippen LogP contribution in [-0.4, -0.2) is 42.5 Å². The van der Waals surface area contributed by atoms with Crippen LogP contribution in [0.25, 0.3) is 0 Å². The quantitative estimate of drug-likeness (QED) is 0.330. The predicted octanol–water partition coefficient (Wildman–Crippen LogP) is 3.35. The molecule has 1 aromatic rings. The third-order valence-corrected chi connectivity index (χ3v) is 4.01. The minimum absolute atomic E-state index is 0.0367. The normalized spacial score (nSPS) is 10.3. The van der Waals surface area contributed by atoms with Gasteiger partial charge in [0.05, 0.1) is 13.2 Å². The highest BCUT2D eigenvalue weighted by Crippen LogP contribution is 2.18. The van der Waals surface area contributed by atoms with E-state index < -0.39 is 17.7 Å². The first-order valence-corrected chi connectivity index (χ1v) is 9.91. The van der Waals surface area contributed by atoms with E-state index in [9.17, 15) is 14.4 Å². The molecule has 1 amide bonds. The van der Waals surface area contributed by atoms with Gasteiger partial charge >= 0.3 is 5.97 Å². The summed E-state index contributed by atoms with van der Waals surface area (Å²) in [5.41, 5.74) is 0. The molecule has 0 saturated carbocycles. The molecule has 0 unspecified atom stereocenters. The maximum Gasteiger partial charge on any atom is 0.303 e. The number of nitrogens with one attached hydrogen (secondary N) is 1. The number of carboxylic acid groups (broad SMARTS) is 1. The van der Waals surface area contributed by atoms with Gasteiger partial charge in [-0.3, -0.25) is 14.4 Å². The van der Waals surface area contributed by atoms with Crippen molar-refractivity contribution >= 4 is 17.7 Å². The van der Waals surface area contributed by atoms with Crippen LogP contribution in [0.4, 0.5) is 0 Å². The summed E-state index contributed by atoms with van der Waals surface area (Å²) in [4.78, 5) is 33.6. The van der Waals surface area contributed by atoms with E-state index in [2.05, 4.69) is 12.2 Å². The molecule has 1 rings (SSSR count). The van der Waals surface area contributed by atoms with Crippen molar-refractivity contribution in [2.45, 2.75) is 58.3 Å². The smallest absolute Gasteiger partial charge is 0.303 e. The van der Waals surface area contributed by atoms with Crippen LogP contribution in [0.3, 0.4) is 0 Å². The van der Waals surface area contributed by atoms with Crippen molar-refractivity contribution in [3.8, 4) is 11.5 Å². The largest absolute Gasteiger partial charge is 0.494 e. The second-order valence-corrected chi connectivity index (χ2v) is 6.51. The summed E-state index contributed by atoms with van der Waals surface area (Å²) in [6.45, 7) is 3.39. The van der Waals surface area contributed by atoms with Crippen LogP contribution in [0, 0.1) is 0 Å².